The van der Waals surface area contributed by atoms with Crippen LogP contribution in [0.1, 0.15) is 35.4 Å². The fourth-order valence-electron chi connectivity index (χ4n) is 3.04. The molecule has 0 radical (unpaired) electrons. The number of nitrogens with zero attached hydrogens (tertiary/aromatic N) is 1. The lowest BCUT2D eigenvalue weighted by molar-refractivity contribution is -0.423. The van der Waals surface area contributed by atoms with E-state index < -0.39 is 0 Å². The Kier molecular flexibility index (Phi) is 3.92. The molecular formula is C17H15Cl2NO. The molecule has 0 aliphatic heterocycles. The summed E-state index contributed by atoms with van der Waals surface area (Å²) in [5.41, 5.74) is 4.21. The molecule has 0 saturated heterocycles. The van der Waals surface area contributed by atoms with Gasteiger partial charge in [-0.3, -0.25) is 0 Å². The van der Waals surface area contributed by atoms with Gasteiger partial charge in [0, 0.05) is 17.9 Å². The third-order valence-corrected chi connectivity index (χ3v) is 4.78. The molecule has 4 heteroatoms. The molecule has 0 heterocycles. The first-order valence-corrected chi connectivity index (χ1v) is 7.64. The normalized spacial score (nSPS) is 20.0. The standard InChI is InChI=1S/C17H15Cl2NO/c1-20(21)17-9-7-12(13-4-2-3-5-14(13)17)11-6-8-15(18)16(19)10-11/h2-6,8,10,12H,7,9H2,1H3/b20-17+. The van der Waals surface area contributed by atoms with Gasteiger partial charge in [0.2, 0.25) is 0 Å². The van der Waals surface area contributed by atoms with Crippen LogP contribution in [0, 0.1) is 5.21 Å². The largest absolute Gasteiger partial charge is 0.624 e. The minimum Gasteiger partial charge on any atom is -0.624 e. The first-order valence-electron chi connectivity index (χ1n) is 6.89. The number of rotatable bonds is 1. The van der Waals surface area contributed by atoms with Crippen LogP contribution in [0.2, 0.25) is 10.0 Å². The molecule has 1 aliphatic rings. The van der Waals surface area contributed by atoms with E-state index in [-0.39, 0.29) is 5.92 Å². The number of hydroxylamine groups is 1. The zero-order valence-corrected chi connectivity index (χ0v) is 13.2. The molecule has 1 atom stereocenters. The molecule has 0 spiro atoms. The Bertz CT molecular complexity index is 720. The van der Waals surface area contributed by atoms with Crippen LogP contribution < -0.4 is 0 Å². The van der Waals surface area contributed by atoms with Crippen LogP contribution in [0.25, 0.3) is 0 Å². The monoisotopic (exact) mass is 319 g/mol. The molecule has 0 aromatic heterocycles. The third-order valence-electron chi connectivity index (χ3n) is 4.04. The highest BCUT2D eigenvalue weighted by molar-refractivity contribution is 6.42. The maximum atomic E-state index is 11.7. The maximum Gasteiger partial charge on any atom is 0.194 e. The summed E-state index contributed by atoms with van der Waals surface area (Å²) >= 11 is 12.1. The van der Waals surface area contributed by atoms with Crippen molar-refractivity contribution in [1.29, 1.82) is 0 Å². The first kappa shape index (κ1) is 14.4. The Morgan fingerprint density at radius 1 is 1.10 bits per heavy atom. The van der Waals surface area contributed by atoms with Gasteiger partial charge in [0.05, 0.1) is 10.0 Å². The molecule has 2 aromatic rings. The number of benzene rings is 2. The number of halogens is 2. The van der Waals surface area contributed by atoms with Crippen molar-refractivity contribution < 1.29 is 4.74 Å². The highest BCUT2D eigenvalue weighted by Crippen LogP contribution is 2.38. The highest BCUT2D eigenvalue weighted by Gasteiger charge is 2.28. The minimum atomic E-state index is 0.250. The summed E-state index contributed by atoms with van der Waals surface area (Å²) in [4.78, 5) is 0. The van der Waals surface area contributed by atoms with Crippen molar-refractivity contribution >= 4 is 28.9 Å². The van der Waals surface area contributed by atoms with Gasteiger partial charge in [0.25, 0.3) is 0 Å². The van der Waals surface area contributed by atoms with Gasteiger partial charge in [0.15, 0.2) is 5.71 Å². The van der Waals surface area contributed by atoms with Crippen LogP contribution in [-0.2, 0) is 0 Å². The second-order valence-corrected chi connectivity index (χ2v) is 6.11. The van der Waals surface area contributed by atoms with Gasteiger partial charge in [-0.05, 0) is 35.7 Å². The van der Waals surface area contributed by atoms with E-state index in [2.05, 4.69) is 6.07 Å². The summed E-state index contributed by atoms with van der Waals surface area (Å²) in [5, 5.41) is 12.9. The van der Waals surface area contributed by atoms with Crippen LogP contribution in [0.3, 0.4) is 0 Å². The number of hydrogen-bond acceptors (Lipinski definition) is 1. The molecule has 3 rings (SSSR count). The molecule has 1 unspecified atom stereocenters. The minimum absolute atomic E-state index is 0.250. The summed E-state index contributed by atoms with van der Waals surface area (Å²) in [7, 11) is 1.56. The van der Waals surface area contributed by atoms with Gasteiger partial charge in [0.1, 0.15) is 7.05 Å². The van der Waals surface area contributed by atoms with E-state index in [4.69, 9.17) is 23.2 Å². The Balaban J connectivity index is 2.11. The van der Waals surface area contributed by atoms with Crippen molar-refractivity contribution in [3.05, 3.63) is 74.4 Å². The van der Waals surface area contributed by atoms with Gasteiger partial charge in [-0.15, -0.1) is 0 Å². The molecule has 0 amide bonds. The summed E-state index contributed by atoms with van der Waals surface area (Å²) in [6.45, 7) is 0. The number of fused-ring (bicyclic) bond motifs is 1. The van der Waals surface area contributed by atoms with Gasteiger partial charge in [-0.25, -0.2) is 4.74 Å². The summed E-state index contributed by atoms with van der Waals surface area (Å²) in [6.07, 6.45) is 1.67. The molecule has 0 saturated carbocycles. The van der Waals surface area contributed by atoms with Crippen molar-refractivity contribution in [2.45, 2.75) is 18.8 Å². The van der Waals surface area contributed by atoms with E-state index in [0.717, 1.165) is 34.4 Å². The van der Waals surface area contributed by atoms with E-state index in [1.54, 1.807) is 7.05 Å². The Hall–Kier alpha value is -1.51. The van der Waals surface area contributed by atoms with Gasteiger partial charge >= 0.3 is 0 Å². The zero-order valence-electron chi connectivity index (χ0n) is 11.6. The molecule has 21 heavy (non-hydrogen) atoms. The molecule has 1 aliphatic carbocycles. The molecule has 0 fully saturated rings. The predicted molar refractivity (Wildman–Crippen MR) is 87.6 cm³/mol. The Labute approximate surface area is 134 Å². The molecular weight excluding hydrogens is 305 g/mol. The summed E-state index contributed by atoms with van der Waals surface area (Å²) in [6, 6.07) is 13.9. The van der Waals surface area contributed by atoms with Crippen molar-refractivity contribution in [2.24, 2.45) is 0 Å². The van der Waals surface area contributed by atoms with Crippen molar-refractivity contribution in [3.8, 4) is 0 Å². The Morgan fingerprint density at radius 2 is 1.86 bits per heavy atom. The SMILES string of the molecule is C/[N+]([O-])=C1/CCC(c2ccc(Cl)c(Cl)c2)c2ccccc21. The van der Waals surface area contributed by atoms with Crippen LogP contribution >= 0.6 is 23.2 Å². The Morgan fingerprint density at radius 3 is 2.57 bits per heavy atom. The van der Waals surface area contributed by atoms with Crippen LogP contribution in [-0.4, -0.2) is 17.5 Å². The molecule has 0 bridgehead atoms. The molecule has 0 N–H and O–H groups in total. The van der Waals surface area contributed by atoms with Crippen LogP contribution in [0.4, 0.5) is 0 Å². The quantitative estimate of drug-likeness (QED) is 0.419. The molecule has 2 nitrogen and oxygen atoms in total. The fourth-order valence-corrected chi connectivity index (χ4v) is 3.34. The second-order valence-electron chi connectivity index (χ2n) is 5.30. The lowest BCUT2D eigenvalue weighted by atomic mass is 9.78. The second kappa shape index (κ2) is 5.70. The van der Waals surface area contributed by atoms with E-state index in [0.29, 0.717) is 10.0 Å². The van der Waals surface area contributed by atoms with Crippen molar-refractivity contribution in [2.75, 3.05) is 7.05 Å². The lowest BCUT2D eigenvalue weighted by Gasteiger charge is -2.26. The van der Waals surface area contributed by atoms with Crippen molar-refractivity contribution in [1.82, 2.24) is 0 Å². The van der Waals surface area contributed by atoms with Crippen LogP contribution in [0.15, 0.2) is 42.5 Å². The topological polar surface area (TPSA) is 26.1 Å². The zero-order chi connectivity index (χ0) is 15.0. The van der Waals surface area contributed by atoms with E-state index >= 15 is 0 Å². The summed E-state index contributed by atoms with van der Waals surface area (Å²) < 4.78 is 0.976. The highest BCUT2D eigenvalue weighted by atomic mass is 35.5. The third kappa shape index (κ3) is 2.66. The summed E-state index contributed by atoms with van der Waals surface area (Å²) in [5.74, 6) is 0.250. The van der Waals surface area contributed by atoms with Gasteiger partial charge in [-0.1, -0.05) is 47.5 Å². The maximum absolute atomic E-state index is 11.7. The van der Waals surface area contributed by atoms with E-state index in [9.17, 15) is 5.21 Å². The molecule has 108 valence electrons. The van der Waals surface area contributed by atoms with Gasteiger partial charge in [-0.2, -0.15) is 0 Å². The van der Waals surface area contributed by atoms with Crippen LogP contribution in [0.5, 0.6) is 0 Å². The lowest BCUT2D eigenvalue weighted by Crippen LogP contribution is -2.23. The van der Waals surface area contributed by atoms with Crippen molar-refractivity contribution in [3.63, 3.8) is 0 Å². The van der Waals surface area contributed by atoms with E-state index in [1.165, 1.54) is 5.56 Å². The average Bonchev–Trinajstić information content (AvgIpc) is 2.49. The first-order chi connectivity index (χ1) is 10.1. The average molecular weight is 320 g/mol. The van der Waals surface area contributed by atoms with Gasteiger partial charge < -0.3 is 5.21 Å². The number of hydrogen-bond donors (Lipinski definition) is 0. The van der Waals surface area contributed by atoms with E-state index in [1.807, 2.05) is 36.4 Å². The fraction of sp³-hybridized carbons (Fsp3) is 0.235. The smallest absolute Gasteiger partial charge is 0.194 e. The molecule has 2 aromatic carbocycles. The predicted octanol–water partition coefficient (Wildman–Crippen LogP) is 4.85.